The molecule has 0 aliphatic carbocycles. The third-order valence-corrected chi connectivity index (χ3v) is 17.5. The van der Waals surface area contributed by atoms with E-state index < -0.39 is 5.41 Å². The molecule has 2 aliphatic heterocycles. The van der Waals surface area contributed by atoms with E-state index in [-0.39, 0.29) is 10.8 Å². The van der Waals surface area contributed by atoms with Crippen LogP contribution in [-0.4, -0.2) is 14.1 Å². The summed E-state index contributed by atoms with van der Waals surface area (Å²) in [5, 5.41) is 0. The van der Waals surface area contributed by atoms with Crippen LogP contribution in [0.1, 0.15) is 74.9 Å². The van der Waals surface area contributed by atoms with Gasteiger partial charge in [-0.25, -0.2) is 0 Å². The quantitative estimate of drug-likeness (QED) is 0.152. The van der Waals surface area contributed by atoms with Crippen LogP contribution in [0.2, 0.25) is 0 Å². The van der Waals surface area contributed by atoms with Gasteiger partial charge in [-0.05, 0) is 52.3 Å². The van der Waals surface area contributed by atoms with Crippen molar-refractivity contribution in [2.75, 3.05) is 9.80 Å². The minimum absolute atomic E-state index is 0.0309. The SMILES string of the molecule is CC(C)(C)c1cccc(N2c3ccccc3C3(c4ccccc42)c2ccccc2N(c2cc(C(C)(C)C)ccn2)c2cc(Oc4cccc(-n5[c](=[Pt])n(-c6c(-c7ccccc7)cccc6-c6ccccc6)c6ccccc65)c4)ccc23)c1. The topological polar surface area (TPSA) is 38.5 Å². The molecule has 0 N–H and O–H groups in total. The predicted molar refractivity (Wildman–Crippen MR) is 333 cm³/mol. The van der Waals surface area contributed by atoms with Crippen molar-refractivity contribution in [2.24, 2.45) is 0 Å². The van der Waals surface area contributed by atoms with Crippen LogP contribution in [0.4, 0.5) is 34.3 Å². The zero-order chi connectivity index (χ0) is 55.9. The fourth-order valence-corrected chi connectivity index (χ4v) is 13.8. The summed E-state index contributed by atoms with van der Waals surface area (Å²) < 4.78 is 13.0. The molecule has 6 nitrogen and oxygen atoms in total. The molecule has 0 saturated heterocycles. The van der Waals surface area contributed by atoms with Crippen molar-refractivity contribution < 1.29 is 24.1 Å². The van der Waals surface area contributed by atoms with Gasteiger partial charge in [0.15, 0.2) is 0 Å². The van der Waals surface area contributed by atoms with E-state index in [1.54, 1.807) is 0 Å². The van der Waals surface area contributed by atoms with E-state index in [1.807, 2.05) is 6.20 Å². The van der Waals surface area contributed by atoms with Gasteiger partial charge in [0.1, 0.15) is 0 Å². The van der Waals surface area contributed by atoms with E-state index >= 15 is 0 Å². The average Bonchev–Trinajstić information content (AvgIpc) is 1.58. The van der Waals surface area contributed by atoms with Gasteiger partial charge in [0, 0.05) is 11.9 Å². The first kappa shape index (κ1) is 51.1. The van der Waals surface area contributed by atoms with Gasteiger partial charge in [-0.15, -0.1) is 0 Å². The van der Waals surface area contributed by atoms with Crippen molar-refractivity contribution in [2.45, 2.75) is 57.8 Å². The summed E-state index contributed by atoms with van der Waals surface area (Å²) in [6, 6.07) is 92.5. The van der Waals surface area contributed by atoms with Crippen molar-refractivity contribution in [3.8, 4) is 45.1 Å². The molecular weight excluding hydrogens is 1180 g/mol. The summed E-state index contributed by atoms with van der Waals surface area (Å²) in [7, 11) is 0. The molecule has 0 bridgehead atoms. The number of aromatic nitrogens is 3. The molecule has 0 radical (unpaired) electrons. The Bertz CT molecular complexity index is 4380. The van der Waals surface area contributed by atoms with Gasteiger partial charge in [0.05, 0.1) is 11.4 Å². The van der Waals surface area contributed by atoms with Crippen molar-refractivity contribution in [1.29, 1.82) is 0 Å². The molecule has 14 rings (SSSR count). The fraction of sp³-hybridized carbons (Fsp3) is 0.120. The Labute approximate surface area is 491 Å². The van der Waals surface area contributed by atoms with Crippen molar-refractivity contribution in [3.63, 3.8) is 0 Å². The predicted octanol–water partition coefficient (Wildman–Crippen LogP) is 19.6. The van der Waals surface area contributed by atoms with Gasteiger partial charge in [0.25, 0.3) is 0 Å². The van der Waals surface area contributed by atoms with Gasteiger partial charge in [-0.3, -0.25) is 0 Å². The summed E-state index contributed by atoms with van der Waals surface area (Å²) in [5.74, 6) is 2.28. The second kappa shape index (κ2) is 19.9. The normalized spacial score (nSPS) is 13.4. The Morgan fingerprint density at radius 3 is 1.49 bits per heavy atom. The average molecular weight is 1240 g/mol. The first-order valence-electron chi connectivity index (χ1n) is 28.2. The number of rotatable bonds is 8. The van der Waals surface area contributed by atoms with E-state index in [0.717, 1.165) is 94.0 Å². The summed E-state index contributed by atoms with van der Waals surface area (Å²) in [5.41, 5.74) is 20.7. The second-order valence-corrected chi connectivity index (χ2v) is 24.6. The third kappa shape index (κ3) is 8.33. The van der Waals surface area contributed by atoms with E-state index in [0.29, 0.717) is 5.75 Å². The summed E-state index contributed by atoms with van der Waals surface area (Å²) in [6.45, 7) is 13.7. The largest absolute Gasteiger partial charge is 0.0343 e. The fourth-order valence-electron chi connectivity index (χ4n) is 12.7. The van der Waals surface area contributed by atoms with Crippen LogP contribution in [0.5, 0.6) is 11.5 Å². The maximum Gasteiger partial charge on any atom is -0.0343 e. The van der Waals surface area contributed by atoms with Crippen molar-refractivity contribution >= 4 is 45.3 Å². The molecular formula is C75H61N5OPt. The monoisotopic (exact) mass is 1240 g/mol. The number of hydrogen-bond acceptors (Lipinski definition) is 4. The molecule has 2 aliphatic rings. The van der Waals surface area contributed by atoms with Crippen LogP contribution in [0.3, 0.4) is 0 Å². The van der Waals surface area contributed by atoms with Crippen molar-refractivity contribution in [3.05, 3.63) is 298 Å². The molecule has 7 heteroatoms. The molecule has 0 amide bonds. The maximum atomic E-state index is 7.20. The Hall–Kier alpha value is -9.09. The second-order valence-electron chi connectivity index (χ2n) is 23.5. The van der Waals surface area contributed by atoms with Gasteiger partial charge in [-0.2, -0.15) is 0 Å². The summed E-state index contributed by atoms with van der Waals surface area (Å²) in [6.07, 6.45) is 1.96. The van der Waals surface area contributed by atoms with Gasteiger partial charge >= 0.3 is 306 Å². The number of imidazole rings is 1. The minimum atomic E-state index is -0.741. The van der Waals surface area contributed by atoms with Crippen LogP contribution in [0, 0.1) is 3.80 Å². The number of fused-ring (bicyclic) bond motifs is 9. The molecule has 0 unspecified atom stereocenters. The minimum Gasteiger partial charge on any atom is -0.0343 e. The van der Waals surface area contributed by atoms with Crippen LogP contribution in [-0.2, 0) is 35.6 Å². The number of benzene rings is 10. The molecule has 10 aromatic carbocycles. The van der Waals surface area contributed by atoms with Crippen molar-refractivity contribution in [1.82, 2.24) is 14.1 Å². The first-order valence-corrected chi connectivity index (χ1v) is 29.3. The number of ether oxygens (including phenoxy) is 1. The smallest absolute Gasteiger partial charge is 0.0343 e. The number of hydrogen-bond donors (Lipinski definition) is 0. The summed E-state index contributed by atoms with van der Waals surface area (Å²) in [4.78, 5) is 10.0. The Kier molecular flexibility index (Phi) is 12.4. The number of para-hydroxylation sites is 6. The van der Waals surface area contributed by atoms with Gasteiger partial charge in [0.2, 0.25) is 0 Å². The summed E-state index contributed by atoms with van der Waals surface area (Å²) >= 11 is 2.52. The molecule has 82 heavy (non-hydrogen) atoms. The van der Waals surface area contributed by atoms with E-state index in [1.165, 1.54) is 27.8 Å². The molecule has 0 atom stereocenters. The van der Waals surface area contributed by atoms with E-state index in [9.17, 15) is 0 Å². The van der Waals surface area contributed by atoms with E-state index in [2.05, 4.69) is 335 Å². The zero-order valence-electron chi connectivity index (χ0n) is 46.8. The number of nitrogens with zero attached hydrogens (tertiary/aromatic N) is 5. The van der Waals surface area contributed by atoms with E-state index in [4.69, 9.17) is 9.72 Å². The van der Waals surface area contributed by atoms with Gasteiger partial charge < -0.3 is 4.90 Å². The van der Waals surface area contributed by atoms with Crippen LogP contribution < -0.4 is 14.5 Å². The molecule has 1 spiro atoms. The maximum absolute atomic E-state index is 7.20. The third-order valence-electron chi connectivity index (χ3n) is 16.5. The molecule has 0 saturated carbocycles. The standard InChI is InChI=1S/C75H61N5O.Pt/c1-73(2,3)53-28-21-30-56(46-53)79-65-37-16-13-34-61(65)75(62-35-14-17-38-66(62)79)63-36-15-18-39-67(63)80(71-47-54(44-45-76-71)74(4,5)6)70-49-58(42-43-64(70)75)81-57-31-22-29-55(48-57)77-50-78(69-41-20-19-40-68(69)77)72-59(51-24-9-7-10-25-51)32-23-33-60(72)52-26-11-8-12-27-52;/h7-49H,1-6H3;. The van der Waals surface area contributed by atoms with Crippen LogP contribution in [0.15, 0.2) is 261 Å². The Balaban J connectivity index is 0.950. The van der Waals surface area contributed by atoms with Crippen LogP contribution in [0.25, 0.3) is 44.7 Å². The number of pyridine rings is 1. The number of anilines is 6. The van der Waals surface area contributed by atoms with Crippen LogP contribution >= 0.6 is 0 Å². The molecule has 402 valence electrons. The Morgan fingerprint density at radius 1 is 0.390 bits per heavy atom. The molecule has 2 aromatic heterocycles. The zero-order valence-corrected chi connectivity index (χ0v) is 49.1. The molecule has 12 aromatic rings. The molecule has 4 heterocycles. The molecule has 0 fully saturated rings. The Morgan fingerprint density at radius 2 is 0.878 bits per heavy atom. The first-order chi connectivity index (χ1) is 39.9. The van der Waals surface area contributed by atoms with Gasteiger partial charge in [-0.1, -0.05) is 108 Å².